The van der Waals surface area contributed by atoms with Crippen molar-refractivity contribution in [3.05, 3.63) is 34.9 Å². The number of amides is 1. The lowest BCUT2D eigenvalue weighted by Crippen LogP contribution is -2.34. The van der Waals surface area contributed by atoms with Gasteiger partial charge in [0.05, 0.1) is 13.2 Å². The van der Waals surface area contributed by atoms with E-state index in [1.807, 2.05) is 6.92 Å². The molecule has 1 aromatic rings. The molecule has 0 bridgehead atoms. The lowest BCUT2D eigenvalue weighted by atomic mass is 10.0. The molecule has 2 rings (SSSR count). The fourth-order valence-corrected chi connectivity index (χ4v) is 2.57. The molecular formula is C15H20ClNO3. The second kappa shape index (κ2) is 6.57. The van der Waals surface area contributed by atoms with Gasteiger partial charge in [-0.25, -0.2) is 0 Å². The minimum absolute atomic E-state index is 0.113. The average molecular weight is 298 g/mol. The zero-order valence-corrected chi connectivity index (χ0v) is 12.6. The van der Waals surface area contributed by atoms with E-state index in [9.17, 15) is 4.79 Å². The maximum absolute atomic E-state index is 12.0. The number of nitrogens with one attached hydrogen (secondary N) is 1. The van der Waals surface area contributed by atoms with Gasteiger partial charge in [0.1, 0.15) is 0 Å². The minimum atomic E-state index is -0.514. The van der Waals surface area contributed by atoms with Crippen molar-refractivity contribution in [2.75, 3.05) is 19.8 Å². The Hall–Kier alpha value is -1.10. The lowest BCUT2D eigenvalue weighted by Gasteiger charge is -2.26. The summed E-state index contributed by atoms with van der Waals surface area (Å²) in [5, 5.41) is 3.47. The second-order valence-corrected chi connectivity index (χ2v) is 5.80. The molecular weight excluding hydrogens is 278 g/mol. The van der Waals surface area contributed by atoms with Crippen LogP contribution in [0.1, 0.15) is 30.6 Å². The zero-order valence-electron chi connectivity index (χ0n) is 11.8. The third kappa shape index (κ3) is 4.20. The highest BCUT2D eigenvalue weighted by Gasteiger charge is 2.32. The quantitative estimate of drug-likeness (QED) is 0.909. The minimum Gasteiger partial charge on any atom is -0.352 e. The predicted molar refractivity (Wildman–Crippen MR) is 77.9 cm³/mol. The van der Waals surface area contributed by atoms with E-state index in [0.29, 0.717) is 30.3 Å². The van der Waals surface area contributed by atoms with Crippen LogP contribution in [0.3, 0.4) is 0 Å². The summed E-state index contributed by atoms with van der Waals surface area (Å²) in [5.74, 6) is -0.362. The first-order valence-electron chi connectivity index (χ1n) is 6.80. The van der Waals surface area contributed by atoms with Crippen LogP contribution in [0.2, 0.25) is 5.02 Å². The van der Waals surface area contributed by atoms with Gasteiger partial charge in [-0.3, -0.25) is 4.79 Å². The molecule has 0 saturated carbocycles. The van der Waals surface area contributed by atoms with Crippen LogP contribution in [0.15, 0.2) is 24.3 Å². The molecule has 1 aliphatic heterocycles. The van der Waals surface area contributed by atoms with Gasteiger partial charge in [0.15, 0.2) is 5.79 Å². The summed E-state index contributed by atoms with van der Waals surface area (Å²) in [6, 6.07) is 6.92. The summed E-state index contributed by atoms with van der Waals surface area (Å²) in [7, 11) is 0. The monoisotopic (exact) mass is 297 g/mol. The molecule has 1 saturated heterocycles. The van der Waals surface area contributed by atoms with Crippen molar-refractivity contribution in [1.82, 2.24) is 5.32 Å². The van der Waals surface area contributed by atoms with Crippen molar-refractivity contribution in [3.63, 3.8) is 0 Å². The van der Waals surface area contributed by atoms with Crippen molar-refractivity contribution >= 4 is 17.5 Å². The Morgan fingerprint density at radius 1 is 1.45 bits per heavy atom. The standard InChI is InChI=1S/C15H20ClNO3/c1-11(9-15(2)19-6-7-20-15)10-17-14(18)12-4-3-5-13(16)8-12/h3-5,8,11H,6-7,9-10H2,1-2H3,(H,17,18)/t11-/m0/s1. The number of carbonyl (C=O) groups excluding carboxylic acids is 1. The molecule has 4 nitrogen and oxygen atoms in total. The smallest absolute Gasteiger partial charge is 0.251 e. The zero-order chi connectivity index (χ0) is 14.6. The van der Waals surface area contributed by atoms with Crippen LogP contribution in [0, 0.1) is 5.92 Å². The molecule has 110 valence electrons. The van der Waals surface area contributed by atoms with Crippen LogP contribution < -0.4 is 5.32 Å². The summed E-state index contributed by atoms with van der Waals surface area (Å²) < 4.78 is 11.1. The number of benzene rings is 1. The number of ether oxygens (including phenoxy) is 2. The van der Waals surface area contributed by atoms with E-state index in [1.54, 1.807) is 24.3 Å². The highest BCUT2D eigenvalue weighted by Crippen LogP contribution is 2.26. The third-order valence-electron chi connectivity index (χ3n) is 3.32. The van der Waals surface area contributed by atoms with Crippen LogP contribution >= 0.6 is 11.6 Å². The summed E-state index contributed by atoms with van der Waals surface area (Å²) in [4.78, 5) is 12.0. The highest BCUT2D eigenvalue weighted by atomic mass is 35.5. The van der Waals surface area contributed by atoms with Crippen molar-refractivity contribution in [2.24, 2.45) is 5.92 Å². The van der Waals surface area contributed by atoms with Crippen molar-refractivity contribution in [1.29, 1.82) is 0 Å². The van der Waals surface area contributed by atoms with Gasteiger partial charge in [-0.2, -0.15) is 0 Å². The molecule has 0 unspecified atom stereocenters. The van der Waals surface area contributed by atoms with E-state index >= 15 is 0 Å². The first kappa shape index (κ1) is 15.3. The normalized spacial score (nSPS) is 18.8. The number of hydrogen-bond donors (Lipinski definition) is 1. The second-order valence-electron chi connectivity index (χ2n) is 5.36. The van der Waals surface area contributed by atoms with Crippen LogP contribution in [0.5, 0.6) is 0 Å². The van der Waals surface area contributed by atoms with E-state index < -0.39 is 5.79 Å². The van der Waals surface area contributed by atoms with E-state index in [0.717, 1.165) is 6.42 Å². The molecule has 1 amide bonds. The molecule has 1 heterocycles. The van der Waals surface area contributed by atoms with Crippen molar-refractivity contribution in [3.8, 4) is 0 Å². The number of halogens is 1. The van der Waals surface area contributed by atoms with Gasteiger partial charge in [0, 0.05) is 23.6 Å². The largest absolute Gasteiger partial charge is 0.352 e. The summed E-state index contributed by atoms with van der Waals surface area (Å²) in [5.41, 5.74) is 0.573. The van der Waals surface area contributed by atoms with E-state index in [4.69, 9.17) is 21.1 Å². The average Bonchev–Trinajstić information content (AvgIpc) is 2.82. The fourth-order valence-electron chi connectivity index (χ4n) is 2.38. The molecule has 1 atom stereocenters. The van der Waals surface area contributed by atoms with Gasteiger partial charge in [0.2, 0.25) is 0 Å². The van der Waals surface area contributed by atoms with Gasteiger partial charge in [-0.15, -0.1) is 0 Å². The molecule has 20 heavy (non-hydrogen) atoms. The lowest BCUT2D eigenvalue weighted by molar-refractivity contribution is -0.153. The summed E-state index contributed by atoms with van der Waals surface area (Å²) in [6.07, 6.45) is 0.753. The first-order valence-corrected chi connectivity index (χ1v) is 7.18. The molecule has 0 aliphatic carbocycles. The SMILES string of the molecule is C[C@H](CNC(=O)c1cccc(Cl)c1)CC1(C)OCCO1. The van der Waals surface area contributed by atoms with Crippen molar-refractivity contribution in [2.45, 2.75) is 26.1 Å². The molecule has 0 aromatic heterocycles. The van der Waals surface area contributed by atoms with Crippen LogP contribution in [0.4, 0.5) is 0 Å². The topological polar surface area (TPSA) is 47.6 Å². The van der Waals surface area contributed by atoms with Crippen LogP contribution in [0.25, 0.3) is 0 Å². The third-order valence-corrected chi connectivity index (χ3v) is 3.55. The van der Waals surface area contributed by atoms with Crippen LogP contribution in [-0.4, -0.2) is 31.5 Å². The molecule has 1 N–H and O–H groups in total. The number of rotatable bonds is 5. The van der Waals surface area contributed by atoms with Gasteiger partial charge in [-0.05, 0) is 31.0 Å². The maximum Gasteiger partial charge on any atom is 0.251 e. The Morgan fingerprint density at radius 3 is 2.80 bits per heavy atom. The number of hydrogen-bond acceptors (Lipinski definition) is 3. The predicted octanol–water partition coefficient (Wildman–Crippen LogP) is 2.86. The molecule has 1 fully saturated rings. The van der Waals surface area contributed by atoms with Gasteiger partial charge < -0.3 is 14.8 Å². The molecule has 5 heteroatoms. The Kier molecular flexibility index (Phi) is 5.02. The summed E-state index contributed by atoms with van der Waals surface area (Å²) in [6.45, 7) is 5.85. The van der Waals surface area contributed by atoms with Gasteiger partial charge in [-0.1, -0.05) is 24.6 Å². The Balaban J connectivity index is 1.81. The van der Waals surface area contributed by atoms with E-state index in [1.165, 1.54) is 0 Å². The number of carbonyl (C=O) groups is 1. The molecule has 1 aromatic carbocycles. The van der Waals surface area contributed by atoms with Crippen molar-refractivity contribution < 1.29 is 14.3 Å². The Morgan fingerprint density at radius 2 is 2.15 bits per heavy atom. The molecule has 0 spiro atoms. The highest BCUT2D eigenvalue weighted by molar-refractivity contribution is 6.30. The van der Waals surface area contributed by atoms with E-state index in [-0.39, 0.29) is 11.8 Å². The first-order chi connectivity index (χ1) is 9.48. The molecule has 0 radical (unpaired) electrons. The van der Waals surface area contributed by atoms with E-state index in [2.05, 4.69) is 12.2 Å². The Labute approximate surface area is 124 Å². The summed E-state index contributed by atoms with van der Waals surface area (Å²) >= 11 is 5.87. The van der Waals surface area contributed by atoms with Crippen LogP contribution in [-0.2, 0) is 9.47 Å². The van der Waals surface area contributed by atoms with Gasteiger partial charge in [0.25, 0.3) is 5.91 Å². The molecule has 1 aliphatic rings. The maximum atomic E-state index is 12.0. The van der Waals surface area contributed by atoms with Gasteiger partial charge >= 0.3 is 0 Å². The fraction of sp³-hybridized carbons (Fsp3) is 0.533. The Bertz CT molecular complexity index is 472.